The van der Waals surface area contributed by atoms with Crippen LogP contribution in [0, 0.1) is 59.7 Å². The summed E-state index contributed by atoms with van der Waals surface area (Å²) in [6, 6.07) is 81.5. The summed E-state index contributed by atoms with van der Waals surface area (Å²) in [6.45, 7) is 60.3. The van der Waals surface area contributed by atoms with Crippen molar-refractivity contribution in [3.8, 4) is 96.5 Å². The molecule has 19 heteroatoms. The molecule has 0 saturated carbocycles. The van der Waals surface area contributed by atoms with Crippen molar-refractivity contribution in [3.05, 3.63) is 317 Å². The van der Waals surface area contributed by atoms with Gasteiger partial charge in [0.1, 0.15) is 0 Å². The zero-order valence-electron chi connectivity index (χ0n) is 89.0. The molecule has 0 aliphatic carbocycles. The Hall–Kier alpha value is -8.53. The Bertz CT molecular complexity index is 6170. The molecule has 0 aliphatic rings. The Kier molecular flexibility index (Phi) is 49.5. The van der Waals surface area contributed by atoms with Crippen LogP contribution in [0.25, 0.3) is 96.5 Å². The third kappa shape index (κ3) is 33.8. The third-order valence-corrected chi connectivity index (χ3v) is 25.9. The average molecular weight is 2520 g/mol. The summed E-state index contributed by atoms with van der Waals surface area (Å²) >= 11 is 6.84. The van der Waals surface area contributed by atoms with Gasteiger partial charge in [0, 0.05) is 77.0 Å². The molecule has 0 fully saturated rings. The number of hydrogen-bond acceptors (Lipinski definition) is 10. The minimum atomic E-state index is -1.37. The zero-order valence-corrected chi connectivity index (χ0v) is 98.6. The first-order valence-corrected chi connectivity index (χ1v) is 51.8. The van der Waals surface area contributed by atoms with Gasteiger partial charge in [-0.15, -0.1) is 101 Å². The number of thiol groups is 1. The quantitative estimate of drug-likeness (QED) is 0.0164. The van der Waals surface area contributed by atoms with Crippen molar-refractivity contribution in [1.82, 2.24) is 44.3 Å². The number of nitrogens with zero attached hydrogens (tertiary/aromatic N) is 10. The molecular weight excluding hydrogens is 2360 g/mol. The maximum Gasteiger partial charge on any atom is 0 e. The van der Waals surface area contributed by atoms with Gasteiger partial charge in [0.15, 0.2) is 17.5 Å². The van der Waals surface area contributed by atoms with Gasteiger partial charge in [-0.3, -0.25) is 29.0 Å². The van der Waals surface area contributed by atoms with Crippen LogP contribution in [-0.2, 0) is 90.4 Å². The van der Waals surface area contributed by atoms with E-state index < -0.39 is 7.12 Å². The third-order valence-electron chi connectivity index (χ3n) is 25.4. The van der Waals surface area contributed by atoms with Gasteiger partial charge in [0.2, 0.25) is 0 Å². The van der Waals surface area contributed by atoms with Gasteiger partial charge in [0.05, 0.1) is 34.5 Å². The Morgan fingerprint density at radius 2 is 0.648 bits per heavy atom. The SMILES string of the molecule is C.CC(C)(C)c1ccc(B(O)O)cc1.CCCCCCc1cc(C(C)C)c(-n2nc(-c3cc(C)cc(C)c3)nc2-c2[c-]ccc(-c3ccc(C(C)(C)C)cc3)c2)c(C(C)C)c1.CCCCCCc1cc(C(C)C)c(-n2nc(-c3cc(C)cc(C)c3)nc2-c2[c-]ccc(Br)c2)c(C(C)C)c1.CCCCCCc1cc(C(C)C)c(-n2nc(-c3cc(C)cc(C)c3)nc2-c2[c-]cccc2)c(C(C)C)c1.[B]=NS.[Ir].[Ir].[Ir]. The van der Waals surface area contributed by atoms with E-state index in [0.29, 0.717) is 41.0 Å². The molecule has 0 amide bonds. The average Bonchev–Trinajstić information content (AvgIpc) is 1.59. The second-order valence-electron chi connectivity index (χ2n) is 41.7. The largest absolute Gasteiger partial charge is 0 e. The number of rotatable bonds is 32. The summed E-state index contributed by atoms with van der Waals surface area (Å²) in [7, 11) is 2.97. The molecule has 3 aromatic heterocycles. The van der Waals surface area contributed by atoms with E-state index in [0.717, 1.165) is 97.6 Å². The number of halogens is 1. The molecule has 0 unspecified atom stereocenters. The molecule has 0 saturated heterocycles. The van der Waals surface area contributed by atoms with Crippen LogP contribution in [0.1, 0.15) is 360 Å². The van der Waals surface area contributed by atoms with E-state index >= 15 is 0 Å². The van der Waals surface area contributed by atoms with Crippen LogP contribution in [0.5, 0.6) is 0 Å². The van der Waals surface area contributed by atoms with Gasteiger partial charge in [-0.05, 0) is 235 Å². The fourth-order valence-electron chi connectivity index (χ4n) is 18.1. The van der Waals surface area contributed by atoms with Crippen molar-refractivity contribution in [2.75, 3.05) is 0 Å². The van der Waals surface area contributed by atoms with Crippen LogP contribution in [0.15, 0.2) is 209 Å². The summed E-state index contributed by atoms with van der Waals surface area (Å²) < 4.78 is 10.0. The molecule has 2 N–H and O–H groups in total. The Balaban J connectivity index is 0.000000300. The van der Waals surface area contributed by atoms with Gasteiger partial charge >= 0.3 is 31.9 Å². The van der Waals surface area contributed by atoms with Crippen molar-refractivity contribution in [1.29, 1.82) is 0 Å². The normalized spacial score (nSPS) is 11.2. The van der Waals surface area contributed by atoms with Crippen LogP contribution in [-0.4, -0.2) is 69.1 Å². The van der Waals surface area contributed by atoms with Crippen LogP contribution in [0.3, 0.4) is 0 Å². The molecule has 11 aromatic carbocycles. The number of benzene rings is 11. The van der Waals surface area contributed by atoms with Gasteiger partial charge in [0.25, 0.3) is 0 Å². The topological polar surface area (TPSA) is 145 Å². The van der Waals surface area contributed by atoms with E-state index in [-0.39, 0.29) is 78.6 Å². The Morgan fingerprint density at radius 1 is 0.359 bits per heavy atom. The van der Waals surface area contributed by atoms with E-state index in [1.54, 1.807) is 12.1 Å². The Morgan fingerprint density at radius 3 is 0.923 bits per heavy atom. The van der Waals surface area contributed by atoms with Crippen LogP contribution >= 0.6 is 28.7 Å². The molecule has 0 atom stereocenters. The number of aryl methyl sites for hydroxylation is 9. The second-order valence-corrected chi connectivity index (χ2v) is 42.9. The standard InChI is InChI=1S/C44H54N3.C34H41BrN3.C34H42N3.C10H15BO2.CH4.BHNS.3Ir/c1-11-12-13-14-16-33-26-39(29(2)3)41(40(27-33)30(4)5)47-43(45-42(46-47)37-24-31(6)23-32(7)25-37)36-18-15-17-35(28-36)34-19-21-38(22-20-34)44(8,9)10;1-8-9-10-11-13-26-19-30(22(2)3)32(31(20-26)23(4)5)38-34(27-14-12-15-29(35)21-27)36-33(37-38)28-17-24(6)16-25(7)18-28;1-8-9-10-12-15-27-21-30(23(2)3)32(31(22-27)24(4)5)37-34(28-16-13-11-14-17-28)35-33(36-37)29-19-25(6)18-26(7)20-29;1-10(2,3)8-4-6-9(7-5-8)11(12)13;;1-2-3;;;/h15,17,19-30H,11-14,16H2,1-10H3;12,15-23H,8-11,13H2,1-7H3;11,13-14,16,18-24H,8-10,12,15H2,1-7H3;4-7,12-13H,1-3H3;1H4;3H;;;/q3*-1;;;;;;. The molecule has 142 heavy (non-hydrogen) atoms. The van der Waals surface area contributed by atoms with Crippen molar-refractivity contribution < 1.29 is 70.4 Å². The predicted octanol–water partition coefficient (Wildman–Crippen LogP) is 33.4. The van der Waals surface area contributed by atoms with Crippen molar-refractivity contribution in [2.45, 2.75) is 337 Å². The molecule has 0 aliphatic heterocycles. The second kappa shape index (κ2) is 57.5. The molecule has 760 valence electrons. The van der Waals surface area contributed by atoms with Gasteiger partial charge in [-0.25, -0.2) is 0 Å². The summed E-state index contributed by atoms with van der Waals surface area (Å²) in [6.07, 6.45) is 18.6. The molecule has 12 nitrogen and oxygen atoms in total. The summed E-state index contributed by atoms with van der Waals surface area (Å²) in [4.78, 5) is 15.6. The first-order valence-electron chi connectivity index (χ1n) is 50.6. The van der Waals surface area contributed by atoms with E-state index in [2.05, 4.69) is 399 Å². The molecular formula is C123H157B2BrIr3N10O2S-3. The fraction of sp³-hybridized carbons (Fsp3) is 0.415. The number of aromatic nitrogens is 9. The Labute approximate surface area is 910 Å². The van der Waals surface area contributed by atoms with Crippen molar-refractivity contribution >= 4 is 49.0 Å². The summed E-state index contributed by atoms with van der Waals surface area (Å²) in [5, 5.41) is 33.5. The predicted molar refractivity (Wildman–Crippen MR) is 600 cm³/mol. The molecule has 14 rings (SSSR count). The monoisotopic (exact) mass is 2520 g/mol. The van der Waals surface area contributed by atoms with Crippen LogP contribution < -0.4 is 5.46 Å². The van der Waals surface area contributed by atoms with Crippen LogP contribution in [0.2, 0.25) is 0 Å². The molecule has 4 radical (unpaired) electrons. The molecule has 0 spiro atoms. The summed E-state index contributed by atoms with van der Waals surface area (Å²) in [5.41, 5.74) is 34.7. The smallest absolute Gasteiger partial charge is 0 e. The fourth-order valence-corrected chi connectivity index (χ4v) is 18.5. The summed E-state index contributed by atoms with van der Waals surface area (Å²) in [5.74, 6) is 6.83. The van der Waals surface area contributed by atoms with E-state index in [9.17, 15) is 0 Å². The number of hydrogen-bond donors (Lipinski definition) is 3. The molecule has 3 heterocycles. The zero-order chi connectivity index (χ0) is 101. The first kappa shape index (κ1) is 122. The minimum Gasteiger partial charge on any atom is 0 e. The van der Waals surface area contributed by atoms with E-state index in [1.807, 2.05) is 48.5 Å². The maximum atomic E-state index is 8.87. The maximum absolute atomic E-state index is 8.87. The van der Waals surface area contributed by atoms with Crippen LogP contribution in [0.4, 0.5) is 0 Å². The van der Waals surface area contributed by atoms with E-state index in [4.69, 9.17) is 40.3 Å². The molecule has 14 aromatic rings. The number of unbranched alkanes of at least 4 members (excludes halogenated alkanes) is 9. The molecule has 0 bridgehead atoms. The van der Waals surface area contributed by atoms with Crippen molar-refractivity contribution in [2.24, 2.45) is 4.30 Å². The minimum absolute atomic E-state index is 0. The van der Waals surface area contributed by atoms with Gasteiger partial charge in [-0.1, -0.05) is 368 Å². The van der Waals surface area contributed by atoms with E-state index in [1.165, 1.54) is 194 Å². The van der Waals surface area contributed by atoms with Crippen molar-refractivity contribution in [3.63, 3.8) is 0 Å². The first-order chi connectivity index (χ1) is 65.6. The van der Waals surface area contributed by atoms with Gasteiger partial charge < -0.3 is 10.0 Å². The van der Waals surface area contributed by atoms with Gasteiger partial charge in [-0.2, -0.15) is 15.3 Å².